The van der Waals surface area contributed by atoms with Crippen molar-refractivity contribution in [3.8, 4) is 0 Å². The number of likely N-dealkylation sites (tertiary alicyclic amines) is 1. The van der Waals surface area contributed by atoms with Crippen LogP contribution in [0.15, 0.2) is 0 Å². The summed E-state index contributed by atoms with van der Waals surface area (Å²) in [6.45, 7) is 8.02. The fourth-order valence-electron chi connectivity index (χ4n) is 3.15. The van der Waals surface area contributed by atoms with Gasteiger partial charge in [0.15, 0.2) is 0 Å². The van der Waals surface area contributed by atoms with Crippen LogP contribution in [0.5, 0.6) is 0 Å². The molecule has 5 heteroatoms. The summed E-state index contributed by atoms with van der Waals surface area (Å²) in [5.41, 5.74) is 0. The first-order valence-corrected chi connectivity index (χ1v) is 7.52. The summed E-state index contributed by atoms with van der Waals surface area (Å²) in [5.74, 6) is -0.674. The van der Waals surface area contributed by atoms with Crippen molar-refractivity contribution < 1.29 is 9.90 Å². The molecule has 0 aromatic rings. The molecular formula is C14H27N3O2. The molecule has 2 saturated heterocycles. The molecule has 1 N–H and O–H groups in total. The Morgan fingerprint density at radius 1 is 1.11 bits per heavy atom. The first-order valence-electron chi connectivity index (χ1n) is 7.52. The molecule has 0 aromatic heterocycles. The van der Waals surface area contributed by atoms with E-state index in [1.165, 1.54) is 39.0 Å². The number of carboxylic acid groups (broad SMARTS) is 1. The third-order valence-corrected chi connectivity index (χ3v) is 4.48. The van der Waals surface area contributed by atoms with Crippen molar-refractivity contribution >= 4 is 5.97 Å². The standard InChI is InChI=1S/C14H27N3O2/c1-15-9-11-17(12-10-15)13-4-7-16(8-5-13)6-2-3-14(18)19/h13H,2-12H2,1H3,(H,18,19). The normalized spacial score (nSPS) is 24.7. The zero-order valence-electron chi connectivity index (χ0n) is 12.1. The average Bonchev–Trinajstić information content (AvgIpc) is 2.40. The lowest BCUT2D eigenvalue weighted by Crippen LogP contribution is -2.52. The molecule has 2 heterocycles. The highest BCUT2D eigenvalue weighted by Gasteiger charge is 2.26. The second kappa shape index (κ2) is 7.22. The molecule has 5 nitrogen and oxygen atoms in total. The van der Waals surface area contributed by atoms with Crippen molar-refractivity contribution in [2.45, 2.75) is 31.7 Å². The monoisotopic (exact) mass is 269 g/mol. The minimum absolute atomic E-state index is 0.304. The Morgan fingerprint density at radius 2 is 1.74 bits per heavy atom. The lowest BCUT2D eigenvalue weighted by atomic mass is 10.0. The summed E-state index contributed by atoms with van der Waals surface area (Å²) < 4.78 is 0. The molecule has 2 aliphatic heterocycles. The molecule has 19 heavy (non-hydrogen) atoms. The van der Waals surface area contributed by atoms with Crippen LogP contribution in [-0.2, 0) is 4.79 Å². The fourth-order valence-corrected chi connectivity index (χ4v) is 3.15. The predicted octanol–water partition coefficient (Wildman–Crippen LogP) is 0.563. The maximum Gasteiger partial charge on any atom is 0.303 e. The number of hydrogen-bond acceptors (Lipinski definition) is 4. The summed E-state index contributed by atoms with van der Waals surface area (Å²) in [7, 11) is 2.20. The van der Waals surface area contributed by atoms with Gasteiger partial charge in [-0.15, -0.1) is 0 Å². The van der Waals surface area contributed by atoms with Gasteiger partial charge in [-0.2, -0.15) is 0 Å². The number of aliphatic carboxylic acids is 1. The lowest BCUT2D eigenvalue weighted by molar-refractivity contribution is -0.137. The highest BCUT2D eigenvalue weighted by atomic mass is 16.4. The van der Waals surface area contributed by atoms with E-state index in [1.807, 2.05) is 0 Å². The lowest BCUT2D eigenvalue weighted by Gasteiger charge is -2.42. The molecule has 0 amide bonds. The van der Waals surface area contributed by atoms with E-state index in [-0.39, 0.29) is 0 Å². The molecule has 0 atom stereocenters. The van der Waals surface area contributed by atoms with Gasteiger partial charge in [0.1, 0.15) is 0 Å². The van der Waals surface area contributed by atoms with E-state index in [0.29, 0.717) is 6.42 Å². The van der Waals surface area contributed by atoms with Gasteiger partial charge in [0.25, 0.3) is 0 Å². The number of likely N-dealkylation sites (N-methyl/N-ethyl adjacent to an activating group) is 1. The third kappa shape index (κ3) is 4.75. The zero-order valence-corrected chi connectivity index (χ0v) is 12.1. The Kier molecular flexibility index (Phi) is 5.60. The van der Waals surface area contributed by atoms with E-state index in [0.717, 1.165) is 32.1 Å². The van der Waals surface area contributed by atoms with Crippen molar-refractivity contribution in [1.82, 2.24) is 14.7 Å². The van der Waals surface area contributed by atoms with Crippen LogP contribution in [0.3, 0.4) is 0 Å². The van der Waals surface area contributed by atoms with E-state index in [1.54, 1.807) is 0 Å². The highest BCUT2D eigenvalue weighted by molar-refractivity contribution is 5.66. The van der Waals surface area contributed by atoms with Gasteiger partial charge in [0.05, 0.1) is 0 Å². The number of carboxylic acids is 1. The van der Waals surface area contributed by atoms with E-state index in [2.05, 4.69) is 21.7 Å². The van der Waals surface area contributed by atoms with Crippen LogP contribution >= 0.6 is 0 Å². The Hall–Kier alpha value is -0.650. The highest BCUT2D eigenvalue weighted by Crippen LogP contribution is 2.18. The van der Waals surface area contributed by atoms with Crippen LogP contribution in [0.25, 0.3) is 0 Å². The number of hydrogen-bond donors (Lipinski definition) is 1. The number of carbonyl (C=O) groups is 1. The summed E-state index contributed by atoms with van der Waals surface area (Å²) >= 11 is 0. The summed E-state index contributed by atoms with van der Waals surface area (Å²) in [6.07, 6.45) is 3.58. The minimum Gasteiger partial charge on any atom is -0.481 e. The molecule has 0 unspecified atom stereocenters. The molecule has 0 saturated carbocycles. The van der Waals surface area contributed by atoms with Gasteiger partial charge in [-0.25, -0.2) is 0 Å². The van der Waals surface area contributed by atoms with Crippen molar-refractivity contribution in [3.05, 3.63) is 0 Å². The van der Waals surface area contributed by atoms with Gasteiger partial charge in [-0.3, -0.25) is 9.69 Å². The molecule has 0 radical (unpaired) electrons. The van der Waals surface area contributed by atoms with Gasteiger partial charge in [-0.05, 0) is 45.9 Å². The van der Waals surface area contributed by atoms with Crippen LogP contribution in [0.4, 0.5) is 0 Å². The Labute approximate surface area is 116 Å². The van der Waals surface area contributed by atoms with Crippen LogP contribution in [-0.4, -0.2) is 84.7 Å². The second-order valence-electron chi connectivity index (χ2n) is 5.91. The number of piperidine rings is 1. The predicted molar refractivity (Wildman–Crippen MR) is 75.4 cm³/mol. The van der Waals surface area contributed by atoms with E-state index >= 15 is 0 Å². The van der Waals surface area contributed by atoms with E-state index < -0.39 is 5.97 Å². The molecule has 2 rings (SSSR count). The first kappa shape index (κ1) is 14.8. The molecule has 110 valence electrons. The van der Waals surface area contributed by atoms with Crippen LogP contribution in [0.2, 0.25) is 0 Å². The van der Waals surface area contributed by atoms with Gasteiger partial charge < -0.3 is 14.9 Å². The van der Waals surface area contributed by atoms with E-state index in [4.69, 9.17) is 5.11 Å². The number of nitrogens with zero attached hydrogens (tertiary/aromatic N) is 3. The Bertz CT molecular complexity index is 282. The summed E-state index contributed by atoms with van der Waals surface area (Å²) in [5, 5.41) is 8.65. The third-order valence-electron chi connectivity index (χ3n) is 4.48. The molecule has 0 spiro atoms. The van der Waals surface area contributed by atoms with Crippen molar-refractivity contribution in [2.75, 3.05) is 52.9 Å². The van der Waals surface area contributed by atoms with Gasteiger partial charge in [-0.1, -0.05) is 0 Å². The van der Waals surface area contributed by atoms with Crippen LogP contribution in [0, 0.1) is 0 Å². The quantitative estimate of drug-likeness (QED) is 0.790. The average molecular weight is 269 g/mol. The van der Waals surface area contributed by atoms with E-state index in [9.17, 15) is 4.79 Å². The van der Waals surface area contributed by atoms with Crippen LogP contribution in [0.1, 0.15) is 25.7 Å². The molecule has 0 bridgehead atoms. The number of piperazine rings is 1. The van der Waals surface area contributed by atoms with Crippen molar-refractivity contribution in [3.63, 3.8) is 0 Å². The van der Waals surface area contributed by atoms with Gasteiger partial charge >= 0.3 is 5.97 Å². The van der Waals surface area contributed by atoms with Gasteiger partial charge in [0.2, 0.25) is 0 Å². The summed E-state index contributed by atoms with van der Waals surface area (Å²) in [4.78, 5) is 18.0. The largest absolute Gasteiger partial charge is 0.481 e. The molecule has 2 aliphatic rings. The Balaban J connectivity index is 1.63. The van der Waals surface area contributed by atoms with Crippen LogP contribution < -0.4 is 0 Å². The molecule has 0 aliphatic carbocycles. The smallest absolute Gasteiger partial charge is 0.303 e. The Morgan fingerprint density at radius 3 is 2.32 bits per heavy atom. The maximum absolute atomic E-state index is 10.5. The second-order valence-corrected chi connectivity index (χ2v) is 5.91. The first-order chi connectivity index (χ1) is 9.15. The van der Waals surface area contributed by atoms with Crippen molar-refractivity contribution in [2.24, 2.45) is 0 Å². The molecular weight excluding hydrogens is 242 g/mol. The minimum atomic E-state index is -0.674. The SMILES string of the molecule is CN1CCN(C2CCN(CCCC(=O)O)CC2)CC1. The molecule has 2 fully saturated rings. The molecule has 0 aromatic carbocycles. The summed E-state index contributed by atoms with van der Waals surface area (Å²) in [6, 6.07) is 0.754. The number of rotatable bonds is 5. The fraction of sp³-hybridized carbons (Fsp3) is 0.929. The topological polar surface area (TPSA) is 47.0 Å². The zero-order chi connectivity index (χ0) is 13.7. The van der Waals surface area contributed by atoms with Gasteiger partial charge in [0, 0.05) is 38.6 Å². The maximum atomic E-state index is 10.5. The van der Waals surface area contributed by atoms with Crippen molar-refractivity contribution in [1.29, 1.82) is 0 Å².